The van der Waals surface area contributed by atoms with Crippen LogP contribution in [0, 0.1) is 6.92 Å². The number of aromatic hydroxyl groups is 1. The van der Waals surface area contributed by atoms with Crippen LogP contribution in [0.3, 0.4) is 0 Å². The predicted molar refractivity (Wildman–Crippen MR) is 123 cm³/mol. The molecule has 1 aromatic heterocycles. The predicted octanol–water partition coefficient (Wildman–Crippen LogP) is 4.88. The molecule has 0 unspecified atom stereocenters. The van der Waals surface area contributed by atoms with Crippen molar-refractivity contribution in [1.82, 2.24) is 14.9 Å². The zero-order valence-electron chi connectivity index (χ0n) is 17.2. The van der Waals surface area contributed by atoms with Gasteiger partial charge < -0.3 is 15.0 Å². The third-order valence-electron chi connectivity index (χ3n) is 4.92. The summed E-state index contributed by atoms with van der Waals surface area (Å²) in [7, 11) is 0. The van der Waals surface area contributed by atoms with Gasteiger partial charge in [0, 0.05) is 18.8 Å². The number of hydrogen-bond acceptors (Lipinski definition) is 3. The van der Waals surface area contributed by atoms with Crippen molar-refractivity contribution in [3.05, 3.63) is 108 Å². The van der Waals surface area contributed by atoms with Crippen molar-refractivity contribution in [1.29, 1.82) is 0 Å². The van der Waals surface area contributed by atoms with Crippen molar-refractivity contribution in [3.63, 3.8) is 0 Å². The lowest BCUT2D eigenvalue weighted by Gasteiger charge is -2.07. The highest BCUT2D eigenvalue weighted by molar-refractivity contribution is 5.91. The summed E-state index contributed by atoms with van der Waals surface area (Å²) >= 11 is 0. The summed E-state index contributed by atoms with van der Waals surface area (Å²) in [5.74, 6) is -0.0726. The Morgan fingerprint density at radius 1 is 1.03 bits per heavy atom. The van der Waals surface area contributed by atoms with E-state index in [4.69, 9.17) is 0 Å². The van der Waals surface area contributed by atoms with E-state index in [1.807, 2.05) is 49.5 Å². The molecule has 154 valence electrons. The standard InChI is InChI=1S/C26H23N3O2/c1-19-17-29(18-28-19)24-12-10-20(15-25(24)30)11-13-26(31)27-16-21-6-5-9-23(14-21)22-7-3-2-4-8-22/h2-15,17-18,30H,16H2,1H3,(H,27,31)/b13-11+. The second-order valence-electron chi connectivity index (χ2n) is 7.29. The van der Waals surface area contributed by atoms with Crippen LogP contribution in [0.4, 0.5) is 0 Å². The summed E-state index contributed by atoms with van der Waals surface area (Å²) in [6.45, 7) is 2.33. The van der Waals surface area contributed by atoms with E-state index in [-0.39, 0.29) is 11.7 Å². The maximum atomic E-state index is 12.2. The van der Waals surface area contributed by atoms with Gasteiger partial charge in [-0.05, 0) is 53.5 Å². The number of carbonyl (C=O) groups is 1. The maximum absolute atomic E-state index is 12.2. The minimum absolute atomic E-state index is 0.123. The van der Waals surface area contributed by atoms with E-state index < -0.39 is 0 Å². The van der Waals surface area contributed by atoms with E-state index in [0.717, 1.165) is 27.9 Å². The van der Waals surface area contributed by atoms with Crippen LogP contribution in [0.25, 0.3) is 22.9 Å². The number of aryl methyl sites for hydroxylation is 1. The van der Waals surface area contributed by atoms with E-state index in [0.29, 0.717) is 12.2 Å². The third kappa shape index (κ3) is 5.08. The molecular formula is C26H23N3O2. The van der Waals surface area contributed by atoms with Gasteiger partial charge in [-0.3, -0.25) is 4.79 Å². The molecule has 1 heterocycles. The zero-order chi connectivity index (χ0) is 21.6. The Labute approximate surface area is 181 Å². The Bertz CT molecular complexity index is 1230. The fourth-order valence-electron chi connectivity index (χ4n) is 3.33. The number of imidazole rings is 1. The second-order valence-corrected chi connectivity index (χ2v) is 7.29. The lowest BCUT2D eigenvalue weighted by molar-refractivity contribution is -0.116. The summed E-state index contributed by atoms with van der Waals surface area (Å²) in [5, 5.41) is 13.2. The first-order valence-electron chi connectivity index (χ1n) is 10.0. The molecule has 0 bridgehead atoms. The minimum atomic E-state index is -0.195. The number of aromatic nitrogens is 2. The van der Waals surface area contributed by atoms with E-state index in [9.17, 15) is 9.90 Å². The first kappa shape index (κ1) is 20.2. The Morgan fingerprint density at radius 2 is 1.84 bits per heavy atom. The summed E-state index contributed by atoms with van der Waals surface area (Å²) in [6.07, 6.45) is 6.64. The van der Waals surface area contributed by atoms with Gasteiger partial charge >= 0.3 is 0 Å². The van der Waals surface area contributed by atoms with Gasteiger partial charge in [-0.2, -0.15) is 0 Å². The molecule has 0 aliphatic rings. The van der Waals surface area contributed by atoms with Gasteiger partial charge in [0.15, 0.2) is 0 Å². The molecule has 0 spiro atoms. The maximum Gasteiger partial charge on any atom is 0.244 e. The van der Waals surface area contributed by atoms with Gasteiger partial charge in [0.2, 0.25) is 5.91 Å². The molecule has 0 fully saturated rings. The number of carbonyl (C=O) groups excluding carboxylic acids is 1. The highest BCUT2D eigenvalue weighted by atomic mass is 16.3. The van der Waals surface area contributed by atoms with Crippen molar-refractivity contribution in [2.45, 2.75) is 13.5 Å². The van der Waals surface area contributed by atoms with E-state index in [1.165, 1.54) is 6.08 Å². The number of amides is 1. The fourth-order valence-corrected chi connectivity index (χ4v) is 3.33. The molecule has 5 nitrogen and oxygen atoms in total. The topological polar surface area (TPSA) is 67.2 Å². The van der Waals surface area contributed by atoms with Crippen LogP contribution >= 0.6 is 0 Å². The number of hydrogen-bond donors (Lipinski definition) is 2. The molecule has 0 aliphatic heterocycles. The molecule has 2 N–H and O–H groups in total. The molecule has 0 saturated carbocycles. The van der Waals surface area contributed by atoms with Gasteiger partial charge in [0.05, 0.1) is 17.7 Å². The molecule has 31 heavy (non-hydrogen) atoms. The van der Waals surface area contributed by atoms with Crippen LogP contribution in [0.1, 0.15) is 16.8 Å². The lowest BCUT2D eigenvalue weighted by atomic mass is 10.0. The quantitative estimate of drug-likeness (QED) is 0.446. The Balaban J connectivity index is 1.37. The van der Waals surface area contributed by atoms with Gasteiger partial charge in [0.1, 0.15) is 5.75 Å². The number of benzene rings is 3. The summed E-state index contributed by atoms with van der Waals surface area (Å²) < 4.78 is 1.76. The third-order valence-corrected chi connectivity index (χ3v) is 4.92. The number of phenolic OH excluding ortho intramolecular Hbond substituents is 1. The summed E-state index contributed by atoms with van der Waals surface area (Å²) in [6, 6.07) is 23.5. The largest absolute Gasteiger partial charge is 0.506 e. The van der Waals surface area contributed by atoms with Crippen LogP contribution < -0.4 is 5.32 Å². The van der Waals surface area contributed by atoms with Gasteiger partial charge in [-0.15, -0.1) is 0 Å². The lowest BCUT2D eigenvalue weighted by Crippen LogP contribution is -2.20. The van der Waals surface area contributed by atoms with Gasteiger partial charge in [-0.25, -0.2) is 4.98 Å². The van der Waals surface area contributed by atoms with Crippen LogP contribution in [-0.4, -0.2) is 20.6 Å². The van der Waals surface area contributed by atoms with Crippen molar-refractivity contribution < 1.29 is 9.90 Å². The van der Waals surface area contributed by atoms with Crippen molar-refractivity contribution in [2.75, 3.05) is 0 Å². The summed E-state index contributed by atoms with van der Waals surface area (Å²) in [4.78, 5) is 16.4. The molecule has 0 atom stereocenters. The highest BCUT2D eigenvalue weighted by Gasteiger charge is 2.05. The molecule has 0 radical (unpaired) electrons. The number of nitrogens with zero attached hydrogens (tertiary/aromatic N) is 2. The molecule has 3 aromatic carbocycles. The molecule has 0 saturated heterocycles. The van der Waals surface area contributed by atoms with E-state index >= 15 is 0 Å². The van der Waals surface area contributed by atoms with E-state index in [2.05, 4.69) is 34.6 Å². The summed E-state index contributed by atoms with van der Waals surface area (Å²) in [5.41, 5.74) is 5.53. The molecule has 0 aliphatic carbocycles. The molecule has 1 amide bonds. The normalized spacial score (nSPS) is 11.0. The zero-order valence-corrected chi connectivity index (χ0v) is 17.2. The van der Waals surface area contributed by atoms with Crippen LogP contribution in [0.5, 0.6) is 5.75 Å². The minimum Gasteiger partial charge on any atom is -0.506 e. The number of rotatable bonds is 6. The van der Waals surface area contributed by atoms with Crippen LogP contribution in [0.2, 0.25) is 0 Å². The fraction of sp³-hybridized carbons (Fsp3) is 0.0769. The van der Waals surface area contributed by atoms with E-state index in [1.54, 1.807) is 29.1 Å². The van der Waals surface area contributed by atoms with Gasteiger partial charge in [-0.1, -0.05) is 54.6 Å². The average Bonchev–Trinajstić information content (AvgIpc) is 3.23. The van der Waals surface area contributed by atoms with Gasteiger partial charge in [0.25, 0.3) is 0 Å². The van der Waals surface area contributed by atoms with Crippen molar-refractivity contribution in [2.24, 2.45) is 0 Å². The average molecular weight is 409 g/mol. The Hall–Kier alpha value is -4.12. The first-order chi connectivity index (χ1) is 15.1. The number of nitrogens with one attached hydrogen (secondary N) is 1. The van der Waals surface area contributed by atoms with Crippen molar-refractivity contribution >= 4 is 12.0 Å². The first-order valence-corrected chi connectivity index (χ1v) is 10.0. The Kier molecular flexibility index (Phi) is 5.94. The Morgan fingerprint density at radius 3 is 2.58 bits per heavy atom. The second kappa shape index (κ2) is 9.13. The van der Waals surface area contributed by atoms with Crippen LogP contribution in [-0.2, 0) is 11.3 Å². The molecular weight excluding hydrogens is 386 g/mol. The van der Waals surface area contributed by atoms with Crippen molar-refractivity contribution in [3.8, 4) is 22.6 Å². The monoisotopic (exact) mass is 409 g/mol. The van der Waals surface area contributed by atoms with Crippen LogP contribution in [0.15, 0.2) is 91.4 Å². The SMILES string of the molecule is Cc1cn(-c2ccc(/C=C/C(=O)NCc3cccc(-c4ccccc4)c3)cc2O)cn1. The smallest absolute Gasteiger partial charge is 0.244 e. The molecule has 4 rings (SSSR count). The highest BCUT2D eigenvalue weighted by Crippen LogP contribution is 2.24. The number of phenols is 1. The molecule has 5 heteroatoms. The molecule has 4 aromatic rings.